The third kappa shape index (κ3) is 2.75. The zero-order valence-electron chi connectivity index (χ0n) is 12.1. The molecule has 1 aromatic heterocycles. The summed E-state index contributed by atoms with van der Waals surface area (Å²) in [6.07, 6.45) is 2.31. The van der Waals surface area contributed by atoms with E-state index >= 15 is 0 Å². The number of nitrogens with one attached hydrogen (secondary N) is 1. The van der Waals surface area contributed by atoms with E-state index in [2.05, 4.69) is 29.4 Å². The van der Waals surface area contributed by atoms with E-state index in [0.29, 0.717) is 23.5 Å². The van der Waals surface area contributed by atoms with Crippen molar-refractivity contribution in [1.29, 1.82) is 0 Å². The Bertz CT molecular complexity index is 667. The average molecular weight is 281 g/mol. The number of pyridine rings is 1. The number of fused-ring (bicyclic) bond motifs is 1. The highest BCUT2D eigenvalue weighted by molar-refractivity contribution is 5.99. The Morgan fingerprint density at radius 1 is 1.24 bits per heavy atom. The highest BCUT2D eigenvalue weighted by Crippen LogP contribution is 2.28. The number of carbonyl (C=O) groups is 1. The molecule has 4 heteroatoms. The number of aromatic nitrogens is 1. The van der Waals surface area contributed by atoms with Crippen LogP contribution in [-0.4, -0.2) is 10.8 Å². The molecule has 108 valence electrons. The first-order valence-corrected chi connectivity index (χ1v) is 7.29. The second-order valence-electron chi connectivity index (χ2n) is 5.47. The third-order valence-electron chi connectivity index (χ3n) is 3.90. The van der Waals surface area contributed by atoms with Crippen molar-refractivity contribution in [3.05, 3.63) is 53.2 Å². The summed E-state index contributed by atoms with van der Waals surface area (Å²) in [5.41, 5.74) is 9.32. The van der Waals surface area contributed by atoms with E-state index < -0.39 is 0 Å². The predicted molar refractivity (Wildman–Crippen MR) is 84.4 cm³/mol. The number of rotatable bonds is 3. The molecule has 0 saturated carbocycles. The number of aryl methyl sites for hydroxylation is 1. The van der Waals surface area contributed by atoms with Crippen LogP contribution in [0.4, 0.5) is 11.5 Å². The molecule has 0 spiro atoms. The van der Waals surface area contributed by atoms with Gasteiger partial charge in [0, 0.05) is 12.0 Å². The largest absolute Gasteiger partial charge is 0.396 e. The Labute approximate surface area is 124 Å². The topological polar surface area (TPSA) is 68.0 Å². The molecule has 0 radical (unpaired) electrons. The average Bonchev–Trinajstić information content (AvgIpc) is 2.50. The molecule has 0 bridgehead atoms. The fourth-order valence-corrected chi connectivity index (χ4v) is 2.70. The number of hydrogen-bond acceptors (Lipinski definition) is 4. The van der Waals surface area contributed by atoms with Crippen molar-refractivity contribution in [3.8, 4) is 0 Å². The lowest BCUT2D eigenvalue weighted by atomic mass is 9.94. The van der Waals surface area contributed by atoms with Gasteiger partial charge in [-0.2, -0.15) is 0 Å². The molecule has 0 aliphatic heterocycles. The predicted octanol–water partition coefficient (Wildman–Crippen LogP) is 3.36. The first-order chi connectivity index (χ1) is 10.1. The van der Waals surface area contributed by atoms with Crippen molar-refractivity contribution in [3.63, 3.8) is 0 Å². The van der Waals surface area contributed by atoms with Gasteiger partial charge in [-0.05, 0) is 31.4 Å². The van der Waals surface area contributed by atoms with Crippen LogP contribution in [0, 0.1) is 0 Å². The van der Waals surface area contributed by atoms with Crippen LogP contribution >= 0.6 is 0 Å². The zero-order chi connectivity index (χ0) is 14.8. The second-order valence-corrected chi connectivity index (χ2v) is 5.47. The second kappa shape index (κ2) is 5.56. The Morgan fingerprint density at radius 3 is 2.76 bits per heavy atom. The monoisotopic (exact) mass is 281 g/mol. The summed E-state index contributed by atoms with van der Waals surface area (Å²) in [7, 11) is 0. The van der Waals surface area contributed by atoms with Gasteiger partial charge < -0.3 is 11.1 Å². The summed E-state index contributed by atoms with van der Waals surface area (Å²) in [5, 5.41) is 3.34. The Kier molecular flexibility index (Phi) is 3.60. The number of nitrogens with two attached hydrogens (primary N) is 1. The number of ketones is 1. The minimum Gasteiger partial charge on any atom is -0.396 e. The van der Waals surface area contributed by atoms with Gasteiger partial charge in [-0.15, -0.1) is 0 Å². The van der Waals surface area contributed by atoms with Crippen molar-refractivity contribution in [2.45, 2.75) is 32.2 Å². The summed E-state index contributed by atoms with van der Waals surface area (Å²) in [4.78, 5) is 16.4. The van der Waals surface area contributed by atoms with Gasteiger partial charge in [-0.3, -0.25) is 4.79 Å². The van der Waals surface area contributed by atoms with Gasteiger partial charge in [0.15, 0.2) is 5.78 Å². The first-order valence-electron chi connectivity index (χ1n) is 7.29. The Morgan fingerprint density at radius 2 is 2.00 bits per heavy atom. The molecule has 0 fully saturated rings. The summed E-state index contributed by atoms with van der Waals surface area (Å²) in [6, 6.07) is 12.0. The molecule has 1 aliphatic carbocycles. The van der Waals surface area contributed by atoms with Crippen LogP contribution in [0.15, 0.2) is 36.4 Å². The maximum atomic E-state index is 11.9. The molecular weight excluding hydrogens is 262 g/mol. The van der Waals surface area contributed by atoms with Crippen molar-refractivity contribution in [2.24, 2.45) is 0 Å². The number of nitrogen functional groups attached to an aromatic ring is 1. The minimum absolute atomic E-state index is 0.110. The number of benzene rings is 1. The van der Waals surface area contributed by atoms with Crippen LogP contribution in [0.25, 0.3) is 0 Å². The maximum absolute atomic E-state index is 11.9. The van der Waals surface area contributed by atoms with Gasteiger partial charge in [0.05, 0.1) is 17.4 Å². The van der Waals surface area contributed by atoms with Crippen LogP contribution in [0.5, 0.6) is 0 Å². The van der Waals surface area contributed by atoms with E-state index in [4.69, 9.17) is 5.73 Å². The highest BCUT2D eigenvalue weighted by atomic mass is 16.1. The van der Waals surface area contributed by atoms with Gasteiger partial charge in [0.2, 0.25) is 0 Å². The lowest BCUT2D eigenvalue weighted by molar-refractivity contribution is 0.0971. The molecule has 0 saturated heterocycles. The number of nitrogens with zero attached hydrogens (tertiary/aromatic N) is 1. The van der Waals surface area contributed by atoms with Crippen LogP contribution < -0.4 is 11.1 Å². The van der Waals surface area contributed by atoms with Gasteiger partial charge in [-0.1, -0.05) is 30.3 Å². The van der Waals surface area contributed by atoms with E-state index in [0.717, 1.165) is 18.5 Å². The van der Waals surface area contributed by atoms with Crippen molar-refractivity contribution >= 4 is 17.3 Å². The van der Waals surface area contributed by atoms with Crippen molar-refractivity contribution in [2.75, 3.05) is 11.1 Å². The molecule has 1 atom stereocenters. The molecule has 21 heavy (non-hydrogen) atoms. The van der Waals surface area contributed by atoms with E-state index in [9.17, 15) is 4.79 Å². The van der Waals surface area contributed by atoms with Crippen LogP contribution in [-0.2, 0) is 6.42 Å². The van der Waals surface area contributed by atoms with Crippen LogP contribution in [0.1, 0.15) is 47.4 Å². The smallest absolute Gasteiger partial charge is 0.164 e. The zero-order valence-corrected chi connectivity index (χ0v) is 12.1. The molecule has 1 heterocycles. The lowest BCUT2D eigenvalue weighted by Gasteiger charge is -2.20. The van der Waals surface area contributed by atoms with E-state index in [1.165, 1.54) is 5.56 Å². The Hall–Kier alpha value is -2.36. The van der Waals surface area contributed by atoms with Crippen LogP contribution in [0.3, 0.4) is 0 Å². The van der Waals surface area contributed by atoms with Crippen molar-refractivity contribution in [1.82, 2.24) is 4.98 Å². The summed E-state index contributed by atoms with van der Waals surface area (Å²) < 4.78 is 0. The summed E-state index contributed by atoms with van der Waals surface area (Å²) in [5.74, 6) is 0.818. The molecule has 4 nitrogen and oxygen atoms in total. The lowest BCUT2D eigenvalue weighted by Crippen LogP contribution is -2.16. The third-order valence-corrected chi connectivity index (χ3v) is 3.90. The molecule has 0 amide bonds. The number of Topliss-reactive ketones (excluding diaryl/α,β-unsaturated/α-hetero) is 1. The molecule has 1 aromatic carbocycles. The quantitative estimate of drug-likeness (QED) is 0.905. The standard InChI is InChI=1S/C17H19N3O/c1-11(12-6-3-2-4-7-12)19-17-14(18)10-13-15(20-17)8-5-9-16(13)21/h2-4,6-7,10-11H,5,8-9,18H2,1H3,(H,19,20). The van der Waals surface area contributed by atoms with Gasteiger partial charge in [-0.25, -0.2) is 4.98 Å². The molecule has 1 aliphatic rings. The highest BCUT2D eigenvalue weighted by Gasteiger charge is 2.21. The SMILES string of the molecule is CC(Nc1nc2c(cc1N)C(=O)CCC2)c1ccccc1. The van der Waals surface area contributed by atoms with Crippen LogP contribution in [0.2, 0.25) is 0 Å². The minimum atomic E-state index is 0.110. The molecular formula is C17H19N3O. The maximum Gasteiger partial charge on any atom is 0.164 e. The summed E-state index contributed by atoms with van der Waals surface area (Å²) >= 11 is 0. The van der Waals surface area contributed by atoms with Gasteiger partial charge >= 0.3 is 0 Å². The van der Waals surface area contributed by atoms with E-state index in [-0.39, 0.29) is 11.8 Å². The number of anilines is 2. The fraction of sp³-hybridized carbons (Fsp3) is 0.294. The van der Waals surface area contributed by atoms with Gasteiger partial charge in [0.1, 0.15) is 5.82 Å². The van der Waals surface area contributed by atoms with E-state index in [1.54, 1.807) is 6.07 Å². The van der Waals surface area contributed by atoms with E-state index in [1.807, 2.05) is 18.2 Å². The summed E-state index contributed by atoms with van der Waals surface area (Å²) in [6.45, 7) is 2.07. The Balaban J connectivity index is 1.88. The van der Waals surface area contributed by atoms with Gasteiger partial charge in [0.25, 0.3) is 0 Å². The number of hydrogen-bond donors (Lipinski definition) is 2. The molecule has 2 aromatic rings. The first kappa shape index (κ1) is 13.6. The normalized spacial score (nSPS) is 15.4. The number of carbonyl (C=O) groups excluding carboxylic acids is 1. The fourth-order valence-electron chi connectivity index (χ4n) is 2.70. The molecule has 1 unspecified atom stereocenters. The molecule has 3 N–H and O–H groups in total. The molecule has 3 rings (SSSR count). The van der Waals surface area contributed by atoms with Crippen molar-refractivity contribution < 1.29 is 4.79 Å².